The molecule has 0 saturated carbocycles. The summed E-state index contributed by atoms with van der Waals surface area (Å²) in [5, 5.41) is 2.81. The van der Waals surface area contributed by atoms with Gasteiger partial charge in [0, 0.05) is 31.5 Å². The largest absolute Gasteiger partial charge is 0.489 e. The molecule has 0 saturated heterocycles. The molecule has 0 spiro atoms. The number of ether oxygens (including phenoxy) is 1. The number of nitrogens with one attached hydrogen (secondary N) is 1. The van der Waals surface area contributed by atoms with E-state index in [1.54, 1.807) is 42.7 Å². The van der Waals surface area contributed by atoms with Crippen LogP contribution in [0.5, 0.6) is 5.75 Å². The molecule has 2 aromatic carbocycles. The van der Waals surface area contributed by atoms with E-state index in [1.165, 1.54) is 11.8 Å². The number of anilines is 1. The molecule has 148 valence electrons. The van der Waals surface area contributed by atoms with Crippen LogP contribution >= 0.6 is 0 Å². The molecule has 29 heavy (non-hydrogen) atoms. The van der Waals surface area contributed by atoms with Gasteiger partial charge in [0.05, 0.1) is 0 Å². The van der Waals surface area contributed by atoms with Crippen LogP contribution in [0.25, 0.3) is 0 Å². The third kappa shape index (κ3) is 6.46. The number of hydrogen-bond acceptors (Lipinski definition) is 4. The lowest BCUT2D eigenvalue weighted by Gasteiger charge is -2.20. The van der Waals surface area contributed by atoms with Crippen molar-refractivity contribution in [2.24, 2.45) is 0 Å². The Kier molecular flexibility index (Phi) is 6.95. The Hall–Kier alpha value is -3.67. The molecule has 1 aromatic heterocycles. The zero-order valence-electron chi connectivity index (χ0n) is 16.2. The number of nitrogens with zero attached hydrogens (tertiary/aromatic N) is 2. The zero-order chi connectivity index (χ0) is 20.5. The summed E-state index contributed by atoms with van der Waals surface area (Å²) < 4.78 is 5.74. The minimum absolute atomic E-state index is 0.0313. The molecule has 0 atom stereocenters. The van der Waals surface area contributed by atoms with E-state index in [1.807, 2.05) is 36.4 Å². The molecule has 0 aliphatic carbocycles. The number of benzene rings is 2. The second-order valence-corrected chi connectivity index (χ2v) is 6.58. The molecule has 3 rings (SSSR count). The lowest BCUT2D eigenvalue weighted by molar-refractivity contribution is -0.133. The van der Waals surface area contributed by atoms with Crippen molar-refractivity contribution >= 4 is 17.5 Å². The first-order valence-electron chi connectivity index (χ1n) is 9.31. The van der Waals surface area contributed by atoms with E-state index in [0.29, 0.717) is 24.6 Å². The second kappa shape index (κ2) is 10.0. The normalized spacial score (nSPS) is 10.2. The van der Waals surface area contributed by atoms with Gasteiger partial charge >= 0.3 is 0 Å². The van der Waals surface area contributed by atoms with Crippen LogP contribution in [0.3, 0.4) is 0 Å². The number of aromatic nitrogens is 1. The Morgan fingerprint density at radius 2 is 1.69 bits per heavy atom. The maximum atomic E-state index is 12.4. The Labute approximate surface area is 170 Å². The number of amides is 2. The summed E-state index contributed by atoms with van der Waals surface area (Å²) in [7, 11) is 0. The summed E-state index contributed by atoms with van der Waals surface area (Å²) >= 11 is 0. The maximum absolute atomic E-state index is 12.4. The van der Waals surface area contributed by atoms with Gasteiger partial charge < -0.3 is 15.0 Å². The van der Waals surface area contributed by atoms with Crippen LogP contribution in [-0.4, -0.2) is 28.2 Å². The van der Waals surface area contributed by atoms with Gasteiger partial charge in [-0.1, -0.05) is 36.4 Å². The minimum atomic E-state index is -0.262. The minimum Gasteiger partial charge on any atom is -0.489 e. The van der Waals surface area contributed by atoms with E-state index in [9.17, 15) is 9.59 Å². The van der Waals surface area contributed by atoms with Crippen molar-refractivity contribution in [2.45, 2.75) is 20.1 Å². The lowest BCUT2D eigenvalue weighted by Crippen LogP contribution is -2.36. The van der Waals surface area contributed by atoms with Gasteiger partial charge in [0.25, 0.3) is 0 Å². The fraction of sp³-hybridized carbons (Fsp3) is 0.174. The van der Waals surface area contributed by atoms with Crippen molar-refractivity contribution in [3.8, 4) is 5.75 Å². The summed E-state index contributed by atoms with van der Waals surface area (Å²) in [6, 6.07) is 20.7. The van der Waals surface area contributed by atoms with E-state index in [4.69, 9.17) is 4.74 Å². The molecule has 2 amide bonds. The van der Waals surface area contributed by atoms with Crippen LogP contribution in [0, 0.1) is 0 Å². The summed E-state index contributed by atoms with van der Waals surface area (Å²) in [4.78, 5) is 29.8. The molecule has 0 aliphatic heterocycles. The van der Waals surface area contributed by atoms with Crippen LogP contribution in [-0.2, 0) is 22.7 Å². The molecule has 1 heterocycles. The van der Waals surface area contributed by atoms with Crippen LogP contribution in [0.2, 0.25) is 0 Å². The Morgan fingerprint density at radius 3 is 2.34 bits per heavy atom. The standard InChI is InChI=1S/C23H23N3O3/c1-18(27)26(15-20-8-5-13-24-14-20)16-23(28)25-21-9-11-22(12-10-21)29-17-19-6-3-2-4-7-19/h2-14H,15-17H2,1H3,(H,25,28). The molecule has 0 radical (unpaired) electrons. The second-order valence-electron chi connectivity index (χ2n) is 6.58. The van der Waals surface area contributed by atoms with Crippen molar-refractivity contribution in [2.75, 3.05) is 11.9 Å². The topological polar surface area (TPSA) is 71.5 Å². The average Bonchev–Trinajstić information content (AvgIpc) is 2.74. The number of rotatable bonds is 8. The molecule has 1 N–H and O–H groups in total. The van der Waals surface area contributed by atoms with Crippen molar-refractivity contribution < 1.29 is 14.3 Å². The molecule has 3 aromatic rings. The predicted molar refractivity (Wildman–Crippen MR) is 111 cm³/mol. The summed E-state index contributed by atoms with van der Waals surface area (Å²) in [5.74, 6) is 0.282. The Balaban J connectivity index is 1.52. The smallest absolute Gasteiger partial charge is 0.244 e. The predicted octanol–water partition coefficient (Wildman–Crippen LogP) is 3.65. The first-order chi connectivity index (χ1) is 14.1. The fourth-order valence-electron chi connectivity index (χ4n) is 2.74. The third-order valence-corrected chi connectivity index (χ3v) is 4.26. The monoisotopic (exact) mass is 389 g/mol. The van der Waals surface area contributed by atoms with Gasteiger partial charge in [0.1, 0.15) is 18.9 Å². The molecule has 6 heteroatoms. The van der Waals surface area contributed by atoms with Crippen molar-refractivity contribution in [3.63, 3.8) is 0 Å². The molecule has 0 unspecified atom stereocenters. The molecule has 6 nitrogen and oxygen atoms in total. The van der Waals surface area contributed by atoms with Gasteiger partial charge in [-0.15, -0.1) is 0 Å². The van der Waals surface area contributed by atoms with E-state index in [0.717, 1.165) is 11.1 Å². The third-order valence-electron chi connectivity index (χ3n) is 4.26. The summed E-state index contributed by atoms with van der Waals surface area (Å²) in [5.41, 5.74) is 2.60. The zero-order valence-corrected chi connectivity index (χ0v) is 16.2. The molecular weight excluding hydrogens is 366 g/mol. The van der Waals surface area contributed by atoms with Crippen molar-refractivity contribution in [3.05, 3.63) is 90.3 Å². The summed E-state index contributed by atoms with van der Waals surface area (Å²) in [6.45, 7) is 2.23. The van der Waals surface area contributed by atoms with Crippen LogP contribution in [0.15, 0.2) is 79.1 Å². The fourth-order valence-corrected chi connectivity index (χ4v) is 2.74. The molecule has 0 bridgehead atoms. The highest BCUT2D eigenvalue weighted by Crippen LogP contribution is 2.17. The van der Waals surface area contributed by atoms with Crippen molar-refractivity contribution in [1.29, 1.82) is 0 Å². The van der Waals surface area contributed by atoms with E-state index in [-0.39, 0.29) is 18.4 Å². The average molecular weight is 389 g/mol. The highest BCUT2D eigenvalue weighted by atomic mass is 16.5. The first-order valence-corrected chi connectivity index (χ1v) is 9.31. The Morgan fingerprint density at radius 1 is 0.966 bits per heavy atom. The highest BCUT2D eigenvalue weighted by Gasteiger charge is 2.14. The van der Waals surface area contributed by atoms with Gasteiger partial charge in [-0.05, 0) is 41.5 Å². The van der Waals surface area contributed by atoms with Crippen LogP contribution in [0.4, 0.5) is 5.69 Å². The molecular formula is C23H23N3O3. The lowest BCUT2D eigenvalue weighted by atomic mass is 10.2. The van der Waals surface area contributed by atoms with E-state index in [2.05, 4.69) is 10.3 Å². The number of carbonyl (C=O) groups is 2. The molecule has 0 aliphatic rings. The SMILES string of the molecule is CC(=O)N(CC(=O)Nc1ccc(OCc2ccccc2)cc1)Cc1cccnc1. The van der Waals surface area contributed by atoms with Gasteiger partial charge in [0.2, 0.25) is 11.8 Å². The van der Waals surface area contributed by atoms with Gasteiger partial charge in [-0.25, -0.2) is 0 Å². The summed E-state index contributed by atoms with van der Waals surface area (Å²) in [6.07, 6.45) is 3.35. The van der Waals surface area contributed by atoms with Gasteiger partial charge in [0.15, 0.2) is 0 Å². The van der Waals surface area contributed by atoms with Gasteiger partial charge in [-0.2, -0.15) is 0 Å². The van der Waals surface area contributed by atoms with Crippen LogP contribution in [0.1, 0.15) is 18.1 Å². The molecule has 0 fully saturated rings. The maximum Gasteiger partial charge on any atom is 0.244 e. The number of hydrogen-bond donors (Lipinski definition) is 1. The van der Waals surface area contributed by atoms with E-state index < -0.39 is 0 Å². The van der Waals surface area contributed by atoms with Crippen LogP contribution < -0.4 is 10.1 Å². The quantitative estimate of drug-likeness (QED) is 0.638. The van der Waals surface area contributed by atoms with Gasteiger partial charge in [-0.3, -0.25) is 14.6 Å². The van der Waals surface area contributed by atoms with E-state index >= 15 is 0 Å². The Bertz CT molecular complexity index is 929. The van der Waals surface area contributed by atoms with Crippen molar-refractivity contribution in [1.82, 2.24) is 9.88 Å². The first kappa shape index (κ1) is 20.1. The number of pyridine rings is 1. The number of carbonyl (C=O) groups excluding carboxylic acids is 2. The highest BCUT2D eigenvalue weighted by molar-refractivity contribution is 5.94.